The average Bonchev–Trinajstić information content (AvgIpc) is 2.94. The molecule has 0 fully saturated rings. The Kier molecular flexibility index (Phi) is 9.75. The Morgan fingerprint density at radius 3 is 2.61 bits per heavy atom. The number of hydrogen-bond acceptors (Lipinski definition) is 3. The maximum absolute atomic E-state index is 12.7. The van der Waals surface area contributed by atoms with Crippen LogP contribution in [0.3, 0.4) is 0 Å². The van der Waals surface area contributed by atoms with E-state index in [-0.39, 0.29) is 30.5 Å². The van der Waals surface area contributed by atoms with E-state index in [0.29, 0.717) is 24.6 Å². The number of nitrogens with one attached hydrogen (secondary N) is 2. The number of guanidine groups is 1. The van der Waals surface area contributed by atoms with Crippen LogP contribution in [0.5, 0.6) is 0 Å². The molecular weight excluding hydrogens is 500 g/mol. The molecule has 0 unspecified atom stereocenters. The number of hydrogen-bond donors (Lipinski definition) is 2. The fourth-order valence-corrected chi connectivity index (χ4v) is 3.00. The normalized spacial score (nSPS) is 11.3. The molecule has 4 nitrogen and oxygen atoms in total. The predicted octanol–water partition coefficient (Wildman–Crippen LogP) is 4.50. The van der Waals surface area contributed by atoms with Gasteiger partial charge >= 0.3 is 6.18 Å². The molecule has 9 heteroatoms. The zero-order valence-corrected chi connectivity index (χ0v) is 18.9. The van der Waals surface area contributed by atoms with Crippen LogP contribution in [0.25, 0.3) is 0 Å². The third-order valence-corrected chi connectivity index (χ3v) is 4.61. The van der Waals surface area contributed by atoms with Gasteiger partial charge in [-0.05, 0) is 39.0 Å². The largest absolute Gasteiger partial charge is 0.416 e. The minimum absolute atomic E-state index is 0. The van der Waals surface area contributed by atoms with Crippen molar-refractivity contribution < 1.29 is 13.2 Å². The van der Waals surface area contributed by atoms with E-state index in [9.17, 15) is 13.2 Å². The standard InChI is InChI=1S/C19H21F3N4S.HI/c1-4-23-18(25-12-17-26-13(2)14(3)27-17)24-10-6-8-15-7-5-9-16(11-15)19(20,21)22;/h5,7,9,11H,4,10,12H2,1-3H3,(H2,23,24,25);1H. The summed E-state index contributed by atoms with van der Waals surface area (Å²) in [6, 6.07) is 4.97. The minimum atomic E-state index is -4.37. The van der Waals surface area contributed by atoms with Gasteiger partial charge in [0.2, 0.25) is 0 Å². The zero-order valence-electron chi connectivity index (χ0n) is 15.8. The van der Waals surface area contributed by atoms with E-state index in [1.54, 1.807) is 17.4 Å². The first-order chi connectivity index (χ1) is 12.8. The maximum Gasteiger partial charge on any atom is 0.416 e. The van der Waals surface area contributed by atoms with E-state index in [0.717, 1.165) is 22.8 Å². The number of thiazole rings is 1. The molecule has 1 heterocycles. The van der Waals surface area contributed by atoms with E-state index in [1.807, 2.05) is 20.8 Å². The summed E-state index contributed by atoms with van der Waals surface area (Å²) < 4.78 is 38.1. The van der Waals surface area contributed by atoms with Crippen LogP contribution in [0.2, 0.25) is 0 Å². The SMILES string of the molecule is CCNC(=NCc1nc(C)c(C)s1)NCC#Cc1cccc(C(F)(F)F)c1.I. The first-order valence-electron chi connectivity index (χ1n) is 8.40. The van der Waals surface area contributed by atoms with Gasteiger partial charge in [0.05, 0.1) is 24.3 Å². The summed E-state index contributed by atoms with van der Waals surface area (Å²) >= 11 is 1.61. The number of benzene rings is 1. The second kappa shape index (κ2) is 11.3. The van der Waals surface area contributed by atoms with Crippen LogP contribution in [-0.2, 0) is 12.7 Å². The summed E-state index contributed by atoms with van der Waals surface area (Å²) in [6.45, 7) is 7.33. The molecule has 0 saturated carbocycles. The van der Waals surface area contributed by atoms with E-state index >= 15 is 0 Å². The number of nitrogens with zero attached hydrogens (tertiary/aromatic N) is 2. The summed E-state index contributed by atoms with van der Waals surface area (Å²) in [5.74, 6) is 6.14. The van der Waals surface area contributed by atoms with Crippen LogP contribution in [-0.4, -0.2) is 24.0 Å². The first kappa shape index (κ1) is 24.2. The molecular formula is C19H22F3IN4S. The van der Waals surface area contributed by atoms with E-state index in [1.165, 1.54) is 10.9 Å². The van der Waals surface area contributed by atoms with Gasteiger partial charge < -0.3 is 10.6 Å². The Morgan fingerprint density at radius 2 is 2.00 bits per heavy atom. The van der Waals surface area contributed by atoms with Crippen molar-refractivity contribution in [1.29, 1.82) is 0 Å². The summed E-state index contributed by atoms with van der Waals surface area (Å²) in [5.41, 5.74) is 0.628. The van der Waals surface area contributed by atoms with Gasteiger partial charge in [-0.2, -0.15) is 13.2 Å². The fourth-order valence-electron chi connectivity index (χ4n) is 2.14. The molecule has 2 N–H and O–H groups in total. The van der Waals surface area contributed by atoms with Crippen LogP contribution in [0.1, 0.15) is 33.6 Å². The number of aliphatic imine (C=N–C) groups is 1. The monoisotopic (exact) mass is 522 g/mol. The van der Waals surface area contributed by atoms with E-state index < -0.39 is 11.7 Å². The predicted molar refractivity (Wildman–Crippen MR) is 118 cm³/mol. The van der Waals surface area contributed by atoms with Crippen molar-refractivity contribution in [2.75, 3.05) is 13.1 Å². The van der Waals surface area contributed by atoms with Crippen molar-refractivity contribution >= 4 is 41.3 Å². The van der Waals surface area contributed by atoms with Gasteiger partial charge in [0.15, 0.2) is 5.96 Å². The maximum atomic E-state index is 12.7. The second-order valence-electron chi connectivity index (χ2n) is 5.68. The summed E-state index contributed by atoms with van der Waals surface area (Å²) in [7, 11) is 0. The molecule has 1 aromatic heterocycles. The van der Waals surface area contributed by atoms with Crippen molar-refractivity contribution in [1.82, 2.24) is 15.6 Å². The Bertz CT molecular complexity index is 847. The molecule has 2 rings (SSSR count). The molecule has 0 radical (unpaired) electrons. The molecule has 28 heavy (non-hydrogen) atoms. The highest BCUT2D eigenvalue weighted by atomic mass is 127. The molecule has 0 aliphatic rings. The number of aryl methyl sites for hydroxylation is 2. The fraction of sp³-hybridized carbons (Fsp3) is 0.368. The lowest BCUT2D eigenvalue weighted by Gasteiger charge is -2.08. The molecule has 0 aliphatic carbocycles. The summed E-state index contributed by atoms with van der Waals surface area (Å²) in [5, 5.41) is 7.08. The Hall–Kier alpha value is -1.80. The quantitative estimate of drug-likeness (QED) is 0.269. The van der Waals surface area contributed by atoms with Crippen LogP contribution in [0.15, 0.2) is 29.3 Å². The smallest absolute Gasteiger partial charge is 0.357 e. The zero-order chi connectivity index (χ0) is 19.9. The lowest BCUT2D eigenvalue weighted by atomic mass is 10.1. The summed E-state index contributed by atoms with van der Waals surface area (Å²) in [6.07, 6.45) is -4.37. The average molecular weight is 522 g/mol. The highest BCUT2D eigenvalue weighted by Crippen LogP contribution is 2.29. The van der Waals surface area contributed by atoms with E-state index in [2.05, 4.69) is 32.5 Å². The van der Waals surface area contributed by atoms with Crippen molar-refractivity contribution in [2.24, 2.45) is 4.99 Å². The van der Waals surface area contributed by atoms with Gasteiger partial charge in [-0.1, -0.05) is 17.9 Å². The second-order valence-corrected chi connectivity index (χ2v) is 6.97. The number of halogens is 4. The van der Waals surface area contributed by atoms with Crippen LogP contribution >= 0.6 is 35.3 Å². The van der Waals surface area contributed by atoms with Crippen LogP contribution in [0, 0.1) is 25.7 Å². The van der Waals surface area contributed by atoms with Crippen molar-refractivity contribution in [3.8, 4) is 11.8 Å². The van der Waals surface area contributed by atoms with Crippen LogP contribution < -0.4 is 10.6 Å². The molecule has 0 amide bonds. The first-order valence-corrected chi connectivity index (χ1v) is 9.22. The molecule has 0 bridgehead atoms. The van der Waals surface area contributed by atoms with Gasteiger partial charge in [-0.15, -0.1) is 35.3 Å². The van der Waals surface area contributed by atoms with Crippen LogP contribution in [0.4, 0.5) is 13.2 Å². The molecule has 152 valence electrons. The number of aromatic nitrogens is 1. The Labute approximate surface area is 184 Å². The molecule has 0 atom stereocenters. The van der Waals surface area contributed by atoms with Crippen molar-refractivity contribution in [2.45, 2.75) is 33.5 Å². The van der Waals surface area contributed by atoms with Gasteiger partial charge in [0, 0.05) is 17.0 Å². The third-order valence-electron chi connectivity index (χ3n) is 3.56. The highest BCUT2D eigenvalue weighted by molar-refractivity contribution is 14.0. The molecule has 1 aromatic carbocycles. The number of alkyl halides is 3. The van der Waals surface area contributed by atoms with Crippen molar-refractivity contribution in [3.05, 3.63) is 51.0 Å². The van der Waals surface area contributed by atoms with Gasteiger partial charge in [0.1, 0.15) is 5.01 Å². The summed E-state index contributed by atoms with van der Waals surface area (Å²) in [4.78, 5) is 10.1. The van der Waals surface area contributed by atoms with E-state index in [4.69, 9.17) is 0 Å². The van der Waals surface area contributed by atoms with Gasteiger partial charge in [0.25, 0.3) is 0 Å². The molecule has 2 aromatic rings. The van der Waals surface area contributed by atoms with Gasteiger partial charge in [-0.3, -0.25) is 0 Å². The lowest BCUT2D eigenvalue weighted by Crippen LogP contribution is -2.37. The minimum Gasteiger partial charge on any atom is -0.357 e. The molecule has 0 saturated heterocycles. The highest BCUT2D eigenvalue weighted by Gasteiger charge is 2.30. The number of rotatable bonds is 4. The molecule has 0 aliphatic heterocycles. The molecule has 0 spiro atoms. The Morgan fingerprint density at radius 1 is 1.25 bits per heavy atom. The Balaban J connectivity index is 0.00000392. The third kappa shape index (κ3) is 7.67. The topological polar surface area (TPSA) is 49.3 Å². The van der Waals surface area contributed by atoms with Crippen molar-refractivity contribution in [3.63, 3.8) is 0 Å². The van der Waals surface area contributed by atoms with Gasteiger partial charge in [-0.25, -0.2) is 9.98 Å². The lowest BCUT2D eigenvalue weighted by molar-refractivity contribution is -0.137.